The normalized spacial score (nSPS) is 11.9. The van der Waals surface area contributed by atoms with Gasteiger partial charge in [0.15, 0.2) is 11.5 Å². The van der Waals surface area contributed by atoms with E-state index >= 15 is 0 Å². The summed E-state index contributed by atoms with van der Waals surface area (Å²) in [5, 5.41) is 5.59. The molecule has 1 aliphatic heterocycles. The van der Waals surface area contributed by atoms with E-state index in [1.807, 2.05) is 6.92 Å². The molecule has 0 spiro atoms. The van der Waals surface area contributed by atoms with E-state index in [1.165, 1.54) is 0 Å². The molecule has 124 valence electrons. The first-order valence-electron chi connectivity index (χ1n) is 7.76. The van der Waals surface area contributed by atoms with Crippen LogP contribution in [0.1, 0.15) is 34.1 Å². The minimum Gasteiger partial charge on any atom is -0.454 e. The summed E-state index contributed by atoms with van der Waals surface area (Å²) in [6, 6.07) is 11.7. The molecule has 2 N–H and O–H groups in total. The van der Waals surface area contributed by atoms with Gasteiger partial charge in [-0.2, -0.15) is 0 Å². The number of anilines is 1. The summed E-state index contributed by atoms with van der Waals surface area (Å²) in [5.41, 5.74) is 1.62. The average Bonchev–Trinajstić information content (AvgIpc) is 3.07. The van der Waals surface area contributed by atoms with Crippen LogP contribution < -0.4 is 20.1 Å². The molecule has 0 saturated heterocycles. The zero-order valence-electron chi connectivity index (χ0n) is 13.3. The van der Waals surface area contributed by atoms with Crippen molar-refractivity contribution in [3.8, 4) is 11.5 Å². The summed E-state index contributed by atoms with van der Waals surface area (Å²) in [4.78, 5) is 24.1. The average molecular weight is 326 g/mol. The highest BCUT2D eigenvalue weighted by Crippen LogP contribution is 2.34. The third-order valence-corrected chi connectivity index (χ3v) is 3.58. The lowest BCUT2D eigenvalue weighted by atomic mass is 10.1. The number of benzene rings is 2. The Bertz CT molecular complexity index is 756. The number of rotatable bonds is 5. The van der Waals surface area contributed by atoms with Crippen LogP contribution in [0.5, 0.6) is 11.5 Å². The highest BCUT2D eigenvalue weighted by Gasteiger charge is 2.15. The molecule has 0 aromatic heterocycles. The zero-order valence-corrected chi connectivity index (χ0v) is 13.3. The number of amides is 2. The first-order valence-corrected chi connectivity index (χ1v) is 7.76. The maximum Gasteiger partial charge on any atom is 0.255 e. The lowest BCUT2D eigenvalue weighted by Gasteiger charge is -2.07. The van der Waals surface area contributed by atoms with Gasteiger partial charge in [0, 0.05) is 29.4 Å². The molecule has 0 unspecified atom stereocenters. The van der Waals surface area contributed by atoms with Crippen LogP contribution in [0.2, 0.25) is 0 Å². The molecule has 2 aromatic carbocycles. The van der Waals surface area contributed by atoms with Crippen LogP contribution >= 0.6 is 0 Å². The van der Waals surface area contributed by atoms with Crippen LogP contribution in [0, 0.1) is 0 Å². The fourth-order valence-corrected chi connectivity index (χ4v) is 2.29. The smallest absolute Gasteiger partial charge is 0.255 e. The van der Waals surface area contributed by atoms with Crippen molar-refractivity contribution >= 4 is 17.5 Å². The van der Waals surface area contributed by atoms with Crippen LogP contribution in [0.15, 0.2) is 42.5 Å². The second-order valence-electron chi connectivity index (χ2n) is 5.36. The number of fused-ring (bicyclic) bond motifs is 1. The Morgan fingerprint density at radius 1 is 0.958 bits per heavy atom. The molecule has 6 heteroatoms. The van der Waals surface area contributed by atoms with E-state index in [9.17, 15) is 9.59 Å². The van der Waals surface area contributed by atoms with Gasteiger partial charge in [-0.15, -0.1) is 0 Å². The number of nitrogens with one attached hydrogen (secondary N) is 2. The molecule has 24 heavy (non-hydrogen) atoms. The monoisotopic (exact) mass is 326 g/mol. The fraction of sp³-hybridized carbons (Fsp3) is 0.222. The number of carbonyl (C=O) groups excluding carboxylic acids is 2. The summed E-state index contributed by atoms with van der Waals surface area (Å²) in [6.07, 6.45) is 0.877. The predicted molar refractivity (Wildman–Crippen MR) is 89.6 cm³/mol. The van der Waals surface area contributed by atoms with E-state index in [2.05, 4.69) is 10.6 Å². The molecule has 0 atom stereocenters. The Balaban J connectivity index is 1.66. The molecular formula is C18H18N2O4. The topological polar surface area (TPSA) is 76.7 Å². The van der Waals surface area contributed by atoms with Gasteiger partial charge in [-0.3, -0.25) is 9.59 Å². The number of ether oxygens (including phenoxy) is 2. The number of hydrogen-bond acceptors (Lipinski definition) is 4. The molecule has 0 radical (unpaired) electrons. The van der Waals surface area contributed by atoms with Gasteiger partial charge in [-0.1, -0.05) is 6.92 Å². The van der Waals surface area contributed by atoms with E-state index in [1.54, 1.807) is 42.5 Å². The van der Waals surface area contributed by atoms with E-state index in [0.29, 0.717) is 34.9 Å². The van der Waals surface area contributed by atoms with Gasteiger partial charge in [0.1, 0.15) is 0 Å². The SMILES string of the molecule is CCCNC(=O)c1ccc(C(=O)Nc2ccc3c(c2)OCO3)cc1. The van der Waals surface area contributed by atoms with Crippen molar-refractivity contribution in [1.82, 2.24) is 5.32 Å². The van der Waals surface area contributed by atoms with Crippen molar-refractivity contribution in [2.75, 3.05) is 18.7 Å². The molecule has 6 nitrogen and oxygen atoms in total. The largest absolute Gasteiger partial charge is 0.454 e. The Morgan fingerprint density at radius 3 is 2.33 bits per heavy atom. The first-order chi connectivity index (χ1) is 11.7. The lowest BCUT2D eigenvalue weighted by Crippen LogP contribution is -2.24. The summed E-state index contributed by atoms with van der Waals surface area (Å²) in [6.45, 7) is 2.81. The minimum absolute atomic E-state index is 0.139. The van der Waals surface area contributed by atoms with Gasteiger partial charge in [-0.05, 0) is 42.8 Å². The van der Waals surface area contributed by atoms with Gasteiger partial charge in [0.2, 0.25) is 6.79 Å². The Kier molecular flexibility index (Phi) is 4.65. The quantitative estimate of drug-likeness (QED) is 0.886. The molecule has 1 aliphatic rings. The van der Waals surface area contributed by atoms with E-state index in [-0.39, 0.29) is 18.6 Å². The van der Waals surface area contributed by atoms with E-state index < -0.39 is 0 Å². The number of carbonyl (C=O) groups is 2. The van der Waals surface area contributed by atoms with E-state index in [4.69, 9.17) is 9.47 Å². The van der Waals surface area contributed by atoms with Crippen molar-refractivity contribution in [1.29, 1.82) is 0 Å². The molecule has 2 amide bonds. The van der Waals surface area contributed by atoms with Gasteiger partial charge in [-0.25, -0.2) is 0 Å². The lowest BCUT2D eigenvalue weighted by molar-refractivity contribution is 0.0951. The first kappa shape index (κ1) is 15.9. The highest BCUT2D eigenvalue weighted by molar-refractivity contribution is 6.05. The standard InChI is InChI=1S/C18H18N2O4/c1-2-9-19-17(21)12-3-5-13(6-4-12)18(22)20-14-7-8-15-16(10-14)24-11-23-15/h3-8,10H,2,9,11H2,1H3,(H,19,21)(H,20,22). The fourth-order valence-electron chi connectivity index (χ4n) is 2.29. The molecule has 3 rings (SSSR count). The molecule has 0 bridgehead atoms. The van der Waals surface area contributed by atoms with Crippen molar-refractivity contribution in [2.24, 2.45) is 0 Å². The van der Waals surface area contributed by atoms with Crippen molar-refractivity contribution in [3.05, 3.63) is 53.6 Å². The second-order valence-corrected chi connectivity index (χ2v) is 5.36. The third kappa shape index (κ3) is 3.48. The van der Waals surface area contributed by atoms with Gasteiger partial charge in [0.05, 0.1) is 0 Å². The summed E-state index contributed by atoms with van der Waals surface area (Å²) >= 11 is 0. The van der Waals surface area contributed by atoms with Gasteiger partial charge >= 0.3 is 0 Å². The second kappa shape index (κ2) is 7.04. The summed E-state index contributed by atoms with van der Waals surface area (Å²) in [5.74, 6) is 0.875. The van der Waals surface area contributed by atoms with Gasteiger partial charge in [0.25, 0.3) is 11.8 Å². The minimum atomic E-state index is -0.255. The Hall–Kier alpha value is -3.02. The molecule has 0 saturated carbocycles. The Morgan fingerprint density at radius 2 is 1.62 bits per heavy atom. The van der Waals surface area contributed by atoms with Crippen LogP contribution in [0.4, 0.5) is 5.69 Å². The van der Waals surface area contributed by atoms with E-state index in [0.717, 1.165) is 6.42 Å². The molecule has 0 aliphatic carbocycles. The predicted octanol–water partition coefficient (Wildman–Crippen LogP) is 2.81. The maximum atomic E-state index is 12.3. The van der Waals surface area contributed by atoms with Gasteiger partial charge < -0.3 is 20.1 Å². The maximum absolute atomic E-state index is 12.3. The molecular weight excluding hydrogens is 308 g/mol. The van der Waals surface area contributed by atoms with Crippen molar-refractivity contribution < 1.29 is 19.1 Å². The zero-order chi connectivity index (χ0) is 16.9. The number of hydrogen-bond donors (Lipinski definition) is 2. The van der Waals surface area contributed by atoms with Crippen LogP contribution in [0.25, 0.3) is 0 Å². The van der Waals surface area contributed by atoms with Crippen LogP contribution in [0.3, 0.4) is 0 Å². The Labute approximate surface area is 139 Å². The summed E-state index contributed by atoms with van der Waals surface area (Å²) < 4.78 is 10.5. The van der Waals surface area contributed by atoms with Crippen LogP contribution in [-0.2, 0) is 0 Å². The van der Waals surface area contributed by atoms with Crippen LogP contribution in [-0.4, -0.2) is 25.2 Å². The molecule has 0 fully saturated rings. The molecule has 1 heterocycles. The summed E-state index contributed by atoms with van der Waals surface area (Å²) in [7, 11) is 0. The third-order valence-electron chi connectivity index (χ3n) is 3.58. The molecule has 2 aromatic rings. The van der Waals surface area contributed by atoms with Crippen molar-refractivity contribution in [3.63, 3.8) is 0 Å². The van der Waals surface area contributed by atoms with Crippen molar-refractivity contribution in [2.45, 2.75) is 13.3 Å². The highest BCUT2D eigenvalue weighted by atomic mass is 16.7.